The summed E-state index contributed by atoms with van der Waals surface area (Å²) in [5.41, 5.74) is 1.27. The minimum Gasteiger partial charge on any atom is -0.381 e. The lowest BCUT2D eigenvalue weighted by Crippen LogP contribution is -2.17. The van der Waals surface area contributed by atoms with Crippen LogP contribution in [0, 0.1) is 5.92 Å². The topological polar surface area (TPSA) is 9.23 Å². The van der Waals surface area contributed by atoms with Crippen molar-refractivity contribution in [2.45, 2.75) is 19.8 Å². The molecule has 0 amide bonds. The molecule has 1 heteroatoms. The molecule has 1 nitrogen and oxygen atoms in total. The second-order valence-corrected chi connectivity index (χ2v) is 2.76. The molecule has 1 rings (SSSR count). The van der Waals surface area contributed by atoms with E-state index in [0.29, 0.717) is 5.92 Å². The molecule has 52 valence electrons. The molecule has 0 aliphatic carbocycles. The van der Waals surface area contributed by atoms with E-state index in [4.69, 9.17) is 4.74 Å². The van der Waals surface area contributed by atoms with Crippen LogP contribution in [0.3, 0.4) is 0 Å². The van der Waals surface area contributed by atoms with Gasteiger partial charge in [0.15, 0.2) is 0 Å². The van der Waals surface area contributed by atoms with E-state index < -0.39 is 0 Å². The summed E-state index contributed by atoms with van der Waals surface area (Å²) >= 11 is 0. The first kappa shape index (κ1) is 6.81. The zero-order valence-electron chi connectivity index (χ0n) is 6.02. The van der Waals surface area contributed by atoms with E-state index >= 15 is 0 Å². The summed E-state index contributed by atoms with van der Waals surface area (Å²) in [6.45, 7) is 7.83. The van der Waals surface area contributed by atoms with Crippen LogP contribution in [0.15, 0.2) is 12.2 Å². The molecule has 1 fully saturated rings. The van der Waals surface area contributed by atoms with Crippen molar-refractivity contribution in [1.82, 2.24) is 0 Å². The molecular formula is C8H14O. The molecule has 0 radical (unpaired) electrons. The Bertz CT molecular complexity index is 101. The van der Waals surface area contributed by atoms with Gasteiger partial charge in [-0.15, -0.1) is 0 Å². The summed E-state index contributed by atoms with van der Waals surface area (Å²) in [6, 6.07) is 0. The van der Waals surface area contributed by atoms with E-state index in [0.717, 1.165) is 13.2 Å². The Kier molecular flexibility index (Phi) is 2.29. The highest BCUT2D eigenvalue weighted by Crippen LogP contribution is 2.19. The third kappa shape index (κ3) is 1.83. The summed E-state index contributed by atoms with van der Waals surface area (Å²) in [7, 11) is 0. The average Bonchev–Trinajstić information content (AvgIpc) is 1.90. The van der Waals surface area contributed by atoms with Crippen molar-refractivity contribution >= 4 is 0 Å². The van der Waals surface area contributed by atoms with E-state index in [-0.39, 0.29) is 0 Å². The van der Waals surface area contributed by atoms with Crippen molar-refractivity contribution < 1.29 is 4.74 Å². The first-order valence-corrected chi connectivity index (χ1v) is 3.54. The summed E-state index contributed by atoms with van der Waals surface area (Å²) in [5.74, 6) is 0.638. The second kappa shape index (κ2) is 3.02. The standard InChI is InChI=1S/C8H14O/c1-7(2)8-4-3-5-9-6-8/h8H,1,3-6H2,2H3/t8-/m1/s1. The maximum Gasteiger partial charge on any atom is 0.0531 e. The van der Waals surface area contributed by atoms with Gasteiger partial charge in [-0.25, -0.2) is 0 Å². The van der Waals surface area contributed by atoms with Gasteiger partial charge in [0.2, 0.25) is 0 Å². The summed E-state index contributed by atoms with van der Waals surface area (Å²) in [6.07, 6.45) is 2.48. The molecule has 0 unspecified atom stereocenters. The molecule has 1 aliphatic rings. The first-order valence-electron chi connectivity index (χ1n) is 3.54. The number of hydrogen-bond donors (Lipinski definition) is 0. The van der Waals surface area contributed by atoms with Crippen LogP contribution in [0.5, 0.6) is 0 Å². The largest absolute Gasteiger partial charge is 0.381 e. The van der Waals surface area contributed by atoms with Crippen LogP contribution in [-0.2, 0) is 4.74 Å². The quantitative estimate of drug-likeness (QED) is 0.488. The summed E-state index contributed by atoms with van der Waals surface area (Å²) in [4.78, 5) is 0. The van der Waals surface area contributed by atoms with Gasteiger partial charge >= 0.3 is 0 Å². The van der Waals surface area contributed by atoms with Crippen LogP contribution in [-0.4, -0.2) is 13.2 Å². The van der Waals surface area contributed by atoms with Crippen LogP contribution in [0.4, 0.5) is 0 Å². The normalized spacial score (nSPS) is 27.9. The third-order valence-electron chi connectivity index (χ3n) is 1.86. The van der Waals surface area contributed by atoms with Crippen molar-refractivity contribution in [2.75, 3.05) is 13.2 Å². The minimum absolute atomic E-state index is 0.638. The Morgan fingerprint density at radius 1 is 1.67 bits per heavy atom. The molecule has 1 saturated heterocycles. The Hall–Kier alpha value is -0.300. The predicted molar refractivity (Wildman–Crippen MR) is 38.4 cm³/mol. The van der Waals surface area contributed by atoms with E-state index in [1.807, 2.05) is 0 Å². The van der Waals surface area contributed by atoms with Crippen LogP contribution in [0.25, 0.3) is 0 Å². The van der Waals surface area contributed by atoms with Gasteiger partial charge in [-0.3, -0.25) is 0 Å². The number of hydrogen-bond acceptors (Lipinski definition) is 1. The highest BCUT2D eigenvalue weighted by atomic mass is 16.5. The van der Waals surface area contributed by atoms with Crippen molar-refractivity contribution in [2.24, 2.45) is 5.92 Å². The highest BCUT2D eigenvalue weighted by Gasteiger charge is 2.13. The summed E-state index contributed by atoms with van der Waals surface area (Å²) < 4.78 is 5.28. The fourth-order valence-electron chi connectivity index (χ4n) is 1.13. The molecule has 9 heavy (non-hydrogen) atoms. The lowest BCUT2D eigenvalue weighted by Gasteiger charge is -2.21. The zero-order chi connectivity index (χ0) is 6.69. The molecule has 0 aromatic rings. The Balaban J connectivity index is 2.31. The zero-order valence-corrected chi connectivity index (χ0v) is 6.02. The maximum absolute atomic E-state index is 5.28. The monoisotopic (exact) mass is 126 g/mol. The lowest BCUT2D eigenvalue weighted by atomic mass is 9.96. The molecule has 0 N–H and O–H groups in total. The van der Waals surface area contributed by atoms with Gasteiger partial charge in [0.25, 0.3) is 0 Å². The molecule has 0 spiro atoms. The smallest absolute Gasteiger partial charge is 0.0531 e. The van der Waals surface area contributed by atoms with Gasteiger partial charge in [0.1, 0.15) is 0 Å². The Morgan fingerprint density at radius 2 is 2.44 bits per heavy atom. The Labute approximate surface area is 56.7 Å². The van der Waals surface area contributed by atoms with Gasteiger partial charge in [-0.05, 0) is 19.8 Å². The Morgan fingerprint density at radius 3 is 2.78 bits per heavy atom. The number of ether oxygens (including phenoxy) is 1. The fraction of sp³-hybridized carbons (Fsp3) is 0.750. The molecule has 1 aliphatic heterocycles. The van der Waals surface area contributed by atoms with E-state index in [1.165, 1.54) is 18.4 Å². The highest BCUT2D eigenvalue weighted by molar-refractivity contribution is 4.96. The average molecular weight is 126 g/mol. The maximum atomic E-state index is 5.28. The molecule has 0 saturated carbocycles. The van der Waals surface area contributed by atoms with Gasteiger partial charge in [-0.2, -0.15) is 0 Å². The molecule has 1 heterocycles. The van der Waals surface area contributed by atoms with Gasteiger partial charge in [0, 0.05) is 12.5 Å². The van der Waals surface area contributed by atoms with Crippen LogP contribution in [0.1, 0.15) is 19.8 Å². The first-order chi connectivity index (χ1) is 4.30. The van der Waals surface area contributed by atoms with Crippen molar-refractivity contribution in [3.63, 3.8) is 0 Å². The van der Waals surface area contributed by atoms with Crippen molar-refractivity contribution in [3.8, 4) is 0 Å². The van der Waals surface area contributed by atoms with E-state index in [9.17, 15) is 0 Å². The minimum atomic E-state index is 0.638. The van der Waals surface area contributed by atoms with Gasteiger partial charge in [0.05, 0.1) is 6.61 Å². The third-order valence-corrected chi connectivity index (χ3v) is 1.86. The summed E-state index contributed by atoms with van der Waals surface area (Å²) in [5, 5.41) is 0. The second-order valence-electron chi connectivity index (χ2n) is 2.76. The predicted octanol–water partition coefficient (Wildman–Crippen LogP) is 1.99. The van der Waals surface area contributed by atoms with Crippen molar-refractivity contribution in [3.05, 3.63) is 12.2 Å². The van der Waals surface area contributed by atoms with Crippen LogP contribution >= 0.6 is 0 Å². The van der Waals surface area contributed by atoms with E-state index in [1.54, 1.807) is 0 Å². The SMILES string of the molecule is C=C(C)[C@@H]1CCCOC1. The molecule has 0 bridgehead atoms. The van der Waals surface area contributed by atoms with Crippen LogP contribution < -0.4 is 0 Å². The molecule has 1 atom stereocenters. The number of rotatable bonds is 1. The fourth-order valence-corrected chi connectivity index (χ4v) is 1.13. The molecule has 0 aromatic carbocycles. The lowest BCUT2D eigenvalue weighted by molar-refractivity contribution is 0.0675. The van der Waals surface area contributed by atoms with Gasteiger partial charge in [-0.1, -0.05) is 12.2 Å². The van der Waals surface area contributed by atoms with Gasteiger partial charge < -0.3 is 4.74 Å². The van der Waals surface area contributed by atoms with Crippen molar-refractivity contribution in [1.29, 1.82) is 0 Å². The van der Waals surface area contributed by atoms with E-state index in [2.05, 4.69) is 13.5 Å². The van der Waals surface area contributed by atoms with Crippen LogP contribution in [0.2, 0.25) is 0 Å². The molecular weight excluding hydrogens is 112 g/mol. The molecule has 0 aromatic heterocycles.